The summed E-state index contributed by atoms with van der Waals surface area (Å²) in [4.78, 5) is 19.3. The summed E-state index contributed by atoms with van der Waals surface area (Å²) in [5, 5.41) is 2.97. The second-order valence-corrected chi connectivity index (χ2v) is 7.05. The summed E-state index contributed by atoms with van der Waals surface area (Å²) in [7, 11) is 0. The molecule has 3 aromatic rings. The molecule has 2 heterocycles. The molecule has 1 amide bonds. The van der Waals surface area contributed by atoms with E-state index < -0.39 is 0 Å². The van der Waals surface area contributed by atoms with Gasteiger partial charge in [0.2, 0.25) is 5.91 Å². The number of hydrogen-bond donors (Lipinski definition) is 1. The largest absolute Gasteiger partial charge is 0.492 e. The number of rotatable bonds is 6. The number of piperidine rings is 1. The number of benzene rings is 2. The summed E-state index contributed by atoms with van der Waals surface area (Å²) in [5.74, 6) is 1.81. The smallest absolute Gasteiger partial charge is 0.238 e. The highest BCUT2D eigenvalue weighted by Crippen LogP contribution is 2.30. The van der Waals surface area contributed by atoms with Crippen LogP contribution in [0.2, 0.25) is 0 Å². The van der Waals surface area contributed by atoms with E-state index in [1.165, 1.54) is 0 Å². The first-order chi connectivity index (χ1) is 13.7. The molecule has 0 radical (unpaired) electrons. The Morgan fingerprint density at radius 2 is 1.93 bits per heavy atom. The van der Waals surface area contributed by atoms with Gasteiger partial charge in [-0.15, -0.1) is 0 Å². The number of fused-ring (bicyclic) bond motifs is 1. The molecule has 146 valence electrons. The van der Waals surface area contributed by atoms with Crippen LogP contribution in [0.1, 0.15) is 31.6 Å². The highest BCUT2D eigenvalue weighted by molar-refractivity contribution is 5.93. The molecule has 2 aromatic carbocycles. The van der Waals surface area contributed by atoms with E-state index in [0.29, 0.717) is 24.8 Å². The van der Waals surface area contributed by atoms with Gasteiger partial charge in [-0.1, -0.05) is 24.3 Å². The van der Waals surface area contributed by atoms with Crippen LogP contribution in [0.3, 0.4) is 0 Å². The number of ether oxygens (including phenoxy) is 1. The van der Waals surface area contributed by atoms with E-state index in [4.69, 9.17) is 9.15 Å². The molecule has 28 heavy (non-hydrogen) atoms. The average Bonchev–Trinajstić information content (AvgIpc) is 3.14. The van der Waals surface area contributed by atoms with Crippen molar-refractivity contribution >= 4 is 22.7 Å². The average molecular weight is 379 g/mol. The molecule has 6 nitrogen and oxygen atoms in total. The van der Waals surface area contributed by atoms with Gasteiger partial charge in [-0.25, -0.2) is 4.98 Å². The van der Waals surface area contributed by atoms with Gasteiger partial charge in [-0.05, 0) is 57.1 Å². The third-order valence-electron chi connectivity index (χ3n) is 5.08. The molecule has 0 bridgehead atoms. The van der Waals surface area contributed by atoms with Gasteiger partial charge in [0.25, 0.3) is 0 Å². The lowest BCUT2D eigenvalue weighted by Crippen LogP contribution is -2.38. The Kier molecular flexibility index (Phi) is 5.58. The minimum atomic E-state index is -0.0209. The molecule has 0 aliphatic carbocycles. The number of anilines is 1. The maximum Gasteiger partial charge on any atom is 0.238 e. The summed E-state index contributed by atoms with van der Waals surface area (Å²) in [6, 6.07) is 15.4. The zero-order valence-corrected chi connectivity index (χ0v) is 16.1. The maximum absolute atomic E-state index is 12.5. The van der Waals surface area contributed by atoms with Crippen molar-refractivity contribution in [2.45, 2.75) is 25.7 Å². The number of aromatic nitrogens is 1. The molecule has 0 saturated carbocycles. The molecule has 1 fully saturated rings. The van der Waals surface area contributed by atoms with Gasteiger partial charge in [0.15, 0.2) is 11.5 Å². The molecule has 1 N–H and O–H groups in total. The number of hydrogen-bond acceptors (Lipinski definition) is 5. The quantitative estimate of drug-likeness (QED) is 0.700. The van der Waals surface area contributed by atoms with Gasteiger partial charge in [-0.3, -0.25) is 9.69 Å². The fourth-order valence-electron chi connectivity index (χ4n) is 3.65. The van der Waals surface area contributed by atoms with Crippen LogP contribution < -0.4 is 10.1 Å². The van der Waals surface area contributed by atoms with Crippen LogP contribution in [-0.4, -0.2) is 42.0 Å². The van der Waals surface area contributed by atoms with Gasteiger partial charge in [0.1, 0.15) is 11.3 Å². The van der Waals surface area contributed by atoms with Crippen molar-refractivity contribution in [1.82, 2.24) is 9.88 Å². The number of carbonyl (C=O) groups excluding carboxylic acids is 1. The van der Waals surface area contributed by atoms with Crippen LogP contribution in [0, 0.1) is 0 Å². The fraction of sp³-hybridized carbons (Fsp3) is 0.364. The molecule has 1 saturated heterocycles. The van der Waals surface area contributed by atoms with Crippen LogP contribution >= 0.6 is 0 Å². The van der Waals surface area contributed by atoms with E-state index in [0.717, 1.165) is 48.6 Å². The van der Waals surface area contributed by atoms with Crippen LogP contribution in [0.4, 0.5) is 5.69 Å². The lowest BCUT2D eigenvalue weighted by molar-refractivity contribution is -0.117. The van der Waals surface area contributed by atoms with E-state index in [9.17, 15) is 4.79 Å². The molecule has 1 aliphatic heterocycles. The molecular weight excluding hydrogens is 354 g/mol. The Balaban J connectivity index is 1.31. The highest BCUT2D eigenvalue weighted by atomic mass is 16.5. The second kappa shape index (κ2) is 8.44. The van der Waals surface area contributed by atoms with Crippen LogP contribution in [-0.2, 0) is 4.79 Å². The molecule has 4 rings (SSSR count). The number of oxazole rings is 1. The van der Waals surface area contributed by atoms with Crippen LogP contribution in [0.15, 0.2) is 52.9 Å². The number of amides is 1. The van der Waals surface area contributed by atoms with Crippen molar-refractivity contribution in [2.24, 2.45) is 0 Å². The number of likely N-dealkylation sites (tertiary alicyclic amines) is 1. The lowest BCUT2D eigenvalue weighted by Gasteiger charge is -2.30. The number of carbonyl (C=O) groups is 1. The fourth-order valence-corrected chi connectivity index (χ4v) is 3.65. The van der Waals surface area contributed by atoms with Gasteiger partial charge in [0.05, 0.1) is 18.8 Å². The highest BCUT2D eigenvalue weighted by Gasteiger charge is 2.25. The molecule has 0 spiro atoms. The van der Waals surface area contributed by atoms with Crippen molar-refractivity contribution in [1.29, 1.82) is 0 Å². The van der Waals surface area contributed by atoms with Crippen molar-refractivity contribution in [3.8, 4) is 5.75 Å². The van der Waals surface area contributed by atoms with Crippen molar-refractivity contribution in [3.05, 3.63) is 54.4 Å². The third-order valence-corrected chi connectivity index (χ3v) is 5.08. The van der Waals surface area contributed by atoms with E-state index in [1.54, 1.807) is 0 Å². The van der Waals surface area contributed by atoms with E-state index in [2.05, 4.69) is 15.2 Å². The Bertz CT molecular complexity index is 912. The Morgan fingerprint density at radius 3 is 2.71 bits per heavy atom. The Morgan fingerprint density at radius 1 is 1.18 bits per heavy atom. The minimum absolute atomic E-state index is 0.0209. The predicted octanol–water partition coefficient (Wildman–Crippen LogP) is 4.04. The standard InChI is InChI=1S/C22H25N3O3/c1-2-27-19-9-5-3-7-17(19)23-21(26)15-25-13-11-16(12-14-25)22-24-18-8-4-6-10-20(18)28-22/h3-10,16H,2,11-15H2,1H3,(H,23,26). The van der Waals surface area contributed by atoms with Crippen LogP contribution in [0.25, 0.3) is 11.1 Å². The molecular formula is C22H25N3O3. The summed E-state index contributed by atoms with van der Waals surface area (Å²) in [6.07, 6.45) is 1.88. The monoisotopic (exact) mass is 379 g/mol. The SMILES string of the molecule is CCOc1ccccc1NC(=O)CN1CCC(c2nc3ccccc3o2)CC1. The van der Waals surface area contributed by atoms with Crippen molar-refractivity contribution < 1.29 is 13.9 Å². The molecule has 1 aliphatic rings. The molecule has 0 atom stereocenters. The van der Waals surface area contributed by atoms with Gasteiger partial charge < -0.3 is 14.5 Å². The molecule has 6 heteroatoms. The first-order valence-electron chi connectivity index (χ1n) is 9.82. The third kappa shape index (κ3) is 4.17. The number of nitrogens with zero attached hydrogens (tertiary/aromatic N) is 2. The number of nitrogens with one attached hydrogen (secondary N) is 1. The van der Waals surface area contributed by atoms with Crippen molar-refractivity contribution in [2.75, 3.05) is 31.6 Å². The topological polar surface area (TPSA) is 67.6 Å². The maximum atomic E-state index is 12.5. The summed E-state index contributed by atoms with van der Waals surface area (Å²) >= 11 is 0. The first-order valence-corrected chi connectivity index (χ1v) is 9.82. The van der Waals surface area contributed by atoms with E-state index in [1.807, 2.05) is 55.5 Å². The normalized spacial score (nSPS) is 15.6. The van der Waals surface area contributed by atoms with E-state index in [-0.39, 0.29) is 5.91 Å². The lowest BCUT2D eigenvalue weighted by atomic mass is 9.97. The second-order valence-electron chi connectivity index (χ2n) is 7.05. The Labute approximate surface area is 164 Å². The first kappa shape index (κ1) is 18.5. The van der Waals surface area contributed by atoms with Gasteiger partial charge in [0, 0.05) is 5.92 Å². The zero-order valence-electron chi connectivity index (χ0n) is 16.1. The van der Waals surface area contributed by atoms with Gasteiger partial charge in [-0.2, -0.15) is 0 Å². The minimum Gasteiger partial charge on any atom is -0.492 e. The van der Waals surface area contributed by atoms with E-state index >= 15 is 0 Å². The van der Waals surface area contributed by atoms with Crippen molar-refractivity contribution in [3.63, 3.8) is 0 Å². The summed E-state index contributed by atoms with van der Waals surface area (Å²) in [5.41, 5.74) is 2.47. The predicted molar refractivity (Wildman–Crippen MR) is 109 cm³/mol. The summed E-state index contributed by atoms with van der Waals surface area (Å²) < 4.78 is 11.5. The zero-order chi connectivity index (χ0) is 19.3. The Hall–Kier alpha value is -2.86. The number of para-hydroxylation sites is 4. The summed E-state index contributed by atoms with van der Waals surface area (Å²) in [6.45, 7) is 4.57. The molecule has 0 unspecified atom stereocenters. The van der Waals surface area contributed by atoms with Crippen LogP contribution in [0.5, 0.6) is 5.75 Å². The molecule has 1 aromatic heterocycles. The van der Waals surface area contributed by atoms with Gasteiger partial charge >= 0.3 is 0 Å².